The van der Waals surface area contributed by atoms with E-state index in [-0.39, 0.29) is 11.4 Å². The molecule has 1 aromatic carbocycles. The summed E-state index contributed by atoms with van der Waals surface area (Å²) in [5.41, 5.74) is 2.65. The summed E-state index contributed by atoms with van der Waals surface area (Å²) in [5, 5.41) is 11.5. The van der Waals surface area contributed by atoms with Gasteiger partial charge in [0.15, 0.2) is 5.13 Å². The van der Waals surface area contributed by atoms with Crippen LogP contribution in [0.3, 0.4) is 0 Å². The first-order chi connectivity index (χ1) is 15.4. The van der Waals surface area contributed by atoms with Crippen molar-refractivity contribution < 1.29 is 4.79 Å². The molecule has 4 rings (SSSR count). The average molecular weight is 516 g/mol. The second-order valence-electron chi connectivity index (χ2n) is 8.11. The third kappa shape index (κ3) is 5.43. The number of carbonyl (C=O) groups excluding carboxylic acids is 1. The summed E-state index contributed by atoms with van der Waals surface area (Å²) in [7, 11) is 0. The van der Waals surface area contributed by atoms with Gasteiger partial charge in [0.05, 0.1) is 5.69 Å². The lowest BCUT2D eigenvalue weighted by atomic mass is 9.82. The second-order valence-corrected chi connectivity index (χ2v) is 9.88. The van der Waals surface area contributed by atoms with Crippen LogP contribution < -0.4 is 20.9 Å². The molecule has 168 valence electrons. The number of halogens is 1. The molecule has 10 heteroatoms. The number of hydrogen-bond acceptors (Lipinski definition) is 7. The Kier molecular flexibility index (Phi) is 7.02. The molecule has 3 aromatic rings. The Morgan fingerprint density at radius 2 is 1.88 bits per heavy atom. The predicted molar refractivity (Wildman–Crippen MR) is 131 cm³/mol. The number of benzene rings is 1. The molecule has 0 atom stereocenters. The minimum Gasteiger partial charge on any atom is -0.338 e. The number of nitrogens with zero attached hydrogens (tertiary/aromatic N) is 4. The molecule has 0 spiro atoms. The molecule has 0 unspecified atom stereocenters. The zero-order valence-corrected chi connectivity index (χ0v) is 20.5. The van der Waals surface area contributed by atoms with Crippen molar-refractivity contribution in [1.29, 1.82) is 0 Å². The molecule has 1 aliphatic heterocycles. The number of amides is 2. The maximum absolute atomic E-state index is 12.3. The standard InChI is InChI=1S/C22H26BrN7OS/c1-22(2,16-3-5-17(23)6-4-16)18-14-32-21(28-18)29-20(31)27-13-15-11-25-19(26-12-15)30-9-7-24-8-10-30/h3-6,11-12,14,24H,7-10,13H2,1-2H3,(H2,27,28,29,31). The van der Waals surface area contributed by atoms with Crippen LogP contribution in [0.15, 0.2) is 46.5 Å². The topological polar surface area (TPSA) is 95.1 Å². The Balaban J connectivity index is 1.31. The first-order valence-corrected chi connectivity index (χ1v) is 12.1. The molecule has 3 heterocycles. The minimum atomic E-state index is -0.307. The number of hydrogen-bond donors (Lipinski definition) is 3. The summed E-state index contributed by atoms with van der Waals surface area (Å²) in [5.74, 6) is 0.725. The van der Waals surface area contributed by atoms with Gasteiger partial charge in [0.1, 0.15) is 0 Å². The number of rotatable bonds is 6. The van der Waals surface area contributed by atoms with Crippen molar-refractivity contribution in [3.63, 3.8) is 0 Å². The number of nitrogens with one attached hydrogen (secondary N) is 3. The van der Waals surface area contributed by atoms with Crippen LogP contribution in [-0.4, -0.2) is 47.2 Å². The number of piperazine rings is 1. The van der Waals surface area contributed by atoms with Crippen molar-refractivity contribution in [1.82, 2.24) is 25.6 Å². The maximum atomic E-state index is 12.3. The zero-order chi connectivity index (χ0) is 22.6. The van der Waals surface area contributed by atoms with Gasteiger partial charge in [-0.3, -0.25) is 5.32 Å². The Morgan fingerprint density at radius 3 is 2.56 bits per heavy atom. The quantitative estimate of drug-likeness (QED) is 0.462. The van der Waals surface area contributed by atoms with Crippen molar-refractivity contribution in [2.45, 2.75) is 25.8 Å². The van der Waals surface area contributed by atoms with E-state index in [0.29, 0.717) is 11.7 Å². The first kappa shape index (κ1) is 22.6. The Morgan fingerprint density at radius 1 is 1.19 bits per heavy atom. The summed E-state index contributed by atoms with van der Waals surface area (Å²) in [6.45, 7) is 8.26. The highest BCUT2D eigenvalue weighted by Gasteiger charge is 2.26. The third-order valence-electron chi connectivity index (χ3n) is 5.48. The van der Waals surface area contributed by atoms with E-state index in [0.717, 1.165) is 53.4 Å². The van der Waals surface area contributed by atoms with Gasteiger partial charge in [-0.1, -0.05) is 41.9 Å². The van der Waals surface area contributed by atoms with Crippen LogP contribution in [0.2, 0.25) is 0 Å². The fourth-order valence-electron chi connectivity index (χ4n) is 3.42. The Hall–Kier alpha value is -2.56. The van der Waals surface area contributed by atoms with Gasteiger partial charge in [-0.05, 0) is 17.7 Å². The minimum absolute atomic E-state index is 0.267. The fraction of sp³-hybridized carbons (Fsp3) is 0.364. The fourth-order valence-corrected chi connectivity index (χ4v) is 4.56. The molecular weight excluding hydrogens is 490 g/mol. The van der Waals surface area contributed by atoms with Crippen LogP contribution in [0.5, 0.6) is 0 Å². The molecule has 8 nitrogen and oxygen atoms in total. The molecule has 1 aliphatic rings. The Bertz CT molecular complexity index is 1050. The smallest absolute Gasteiger partial charge is 0.321 e. The lowest BCUT2D eigenvalue weighted by Crippen LogP contribution is -2.44. The first-order valence-electron chi connectivity index (χ1n) is 10.5. The SMILES string of the molecule is CC(C)(c1ccc(Br)cc1)c1csc(NC(=O)NCc2cnc(N3CCNCC3)nc2)n1. The second kappa shape index (κ2) is 9.93. The van der Waals surface area contributed by atoms with E-state index in [9.17, 15) is 4.79 Å². The van der Waals surface area contributed by atoms with Crippen LogP contribution in [0.4, 0.5) is 15.9 Å². The van der Waals surface area contributed by atoms with Gasteiger partial charge in [0, 0.05) is 65.9 Å². The predicted octanol–water partition coefficient (Wildman–Crippen LogP) is 3.75. The van der Waals surface area contributed by atoms with Crippen molar-refractivity contribution >= 4 is 44.4 Å². The molecule has 2 aromatic heterocycles. The largest absolute Gasteiger partial charge is 0.338 e. The summed E-state index contributed by atoms with van der Waals surface area (Å²) in [4.78, 5) is 28.0. The monoisotopic (exact) mass is 515 g/mol. The zero-order valence-electron chi connectivity index (χ0n) is 18.1. The van der Waals surface area contributed by atoms with E-state index >= 15 is 0 Å². The molecule has 32 heavy (non-hydrogen) atoms. The summed E-state index contributed by atoms with van der Waals surface area (Å²) in [6.07, 6.45) is 3.51. The van der Waals surface area contributed by atoms with Crippen molar-refractivity contribution in [2.24, 2.45) is 0 Å². The van der Waals surface area contributed by atoms with Gasteiger partial charge in [-0.2, -0.15) is 0 Å². The lowest BCUT2D eigenvalue weighted by Gasteiger charge is -2.27. The molecule has 0 aliphatic carbocycles. The molecular formula is C22H26BrN7OS. The molecule has 0 bridgehead atoms. The summed E-state index contributed by atoms with van der Waals surface area (Å²) >= 11 is 4.89. The molecule has 0 saturated carbocycles. The number of carbonyl (C=O) groups is 1. The van der Waals surface area contributed by atoms with Gasteiger partial charge in [0.2, 0.25) is 5.95 Å². The number of aromatic nitrogens is 3. The van der Waals surface area contributed by atoms with Crippen molar-refractivity contribution in [3.8, 4) is 0 Å². The molecule has 2 amide bonds. The van der Waals surface area contributed by atoms with Crippen LogP contribution in [0.1, 0.15) is 30.7 Å². The van der Waals surface area contributed by atoms with Gasteiger partial charge < -0.3 is 15.5 Å². The van der Waals surface area contributed by atoms with E-state index in [4.69, 9.17) is 0 Å². The van der Waals surface area contributed by atoms with E-state index < -0.39 is 0 Å². The number of thiazole rings is 1. The molecule has 3 N–H and O–H groups in total. The van der Waals surface area contributed by atoms with Gasteiger partial charge in [-0.25, -0.2) is 19.7 Å². The molecule has 1 fully saturated rings. The van der Waals surface area contributed by atoms with E-state index in [1.807, 2.05) is 17.5 Å². The highest BCUT2D eigenvalue weighted by Crippen LogP contribution is 2.34. The lowest BCUT2D eigenvalue weighted by molar-refractivity contribution is 0.251. The average Bonchev–Trinajstić information content (AvgIpc) is 3.28. The van der Waals surface area contributed by atoms with E-state index in [1.165, 1.54) is 11.3 Å². The Labute approximate surface area is 200 Å². The third-order valence-corrected chi connectivity index (χ3v) is 6.76. The van der Waals surface area contributed by atoms with Gasteiger partial charge >= 0.3 is 6.03 Å². The van der Waals surface area contributed by atoms with Gasteiger partial charge in [0.25, 0.3) is 0 Å². The van der Waals surface area contributed by atoms with E-state index in [2.05, 4.69) is 77.7 Å². The van der Waals surface area contributed by atoms with Crippen LogP contribution >= 0.6 is 27.3 Å². The summed E-state index contributed by atoms with van der Waals surface area (Å²) < 4.78 is 1.04. The van der Waals surface area contributed by atoms with Crippen molar-refractivity contribution in [2.75, 3.05) is 36.4 Å². The van der Waals surface area contributed by atoms with E-state index in [1.54, 1.807) is 12.4 Å². The van der Waals surface area contributed by atoms with Crippen molar-refractivity contribution in [3.05, 3.63) is 63.3 Å². The van der Waals surface area contributed by atoms with Crippen LogP contribution in [0, 0.1) is 0 Å². The van der Waals surface area contributed by atoms with Gasteiger partial charge in [-0.15, -0.1) is 11.3 Å². The number of urea groups is 1. The number of anilines is 2. The summed E-state index contributed by atoms with van der Waals surface area (Å²) in [6, 6.07) is 7.91. The maximum Gasteiger partial charge on any atom is 0.321 e. The molecule has 0 radical (unpaired) electrons. The van der Waals surface area contributed by atoms with Crippen LogP contribution in [-0.2, 0) is 12.0 Å². The highest BCUT2D eigenvalue weighted by molar-refractivity contribution is 9.10. The highest BCUT2D eigenvalue weighted by atomic mass is 79.9. The normalized spacial score (nSPS) is 14.3. The molecule has 1 saturated heterocycles. The van der Waals surface area contributed by atoms with Crippen LogP contribution in [0.25, 0.3) is 0 Å².